The van der Waals surface area contributed by atoms with Crippen LogP contribution in [0.1, 0.15) is 45.2 Å². The number of carboxylic acid groups (broad SMARTS) is 1. The van der Waals surface area contributed by atoms with Crippen molar-refractivity contribution < 1.29 is 24.2 Å². The maximum absolute atomic E-state index is 13.5. The van der Waals surface area contributed by atoms with Gasteiger partial charge in [-0.2, -0.15) is 0 Å². The van der Waals surface area contributed by atoms with Crippen LogP contribution in [0, 0.1) is 0 Å². The largest absolute Gasteiger partial charge is 0.478 e. The Morgan fingerprint density at radius 2 is 1.74 bits per heavy atom. The topological polar surface area (TPSA) is 135 Å². The molecule has 38 heavy (non-hydrogen) atoms. The summed E-state index contributed by atoms with van der Waals surface area (Å²) >= 11 is 0. The van der Waals surface area contributed by atoms with Crippen LogP contribution in [0.2, 0.25) is 0 Å². The van der Waals surface area contributed by atoms with Crippen molar-refractivity contribution in [3.8, 4) is 5.75 Å². The normalized spacial score (nSPS) is 13.7. The monoisotopic (exact) mass is 510 g/mol. The Hall–Kier alpha value is -4.92. The predicted molar refractivity (Wildman–Crippen MR) is 143 cm³/mol. The minimum Gasteiger partial charge on any atom is -0.478 e. The summed E-state index contributed by atoms with van der Waals surface area (Å²) in [5, 5.41) is 14.1. The highest BCUT2D eigenvalue weighted by atomic mass is 16.5. The predicted octanol–water partition coefficient (Wildman–Crippen LogP) is 4.51. The van der Waals surface area contributed by atoms with E-state index in [1.165, 1.54) is 18.2 Å². The zero-order chi connectivity index (χ0) is 26.6. The first-order valence-corrected chi connectivity index (χ1v) is 12.2. The van der Waals surface area contributed by atoms with Gasteiger partial charge in [-0.1, -0.05) is 36.4 Å². The van der Waals surface area contributed by atoms with Crippen LogP contribution in [0.3, 0.4) is 0 Å². The van der Waals surface area contributed by atoms with E-state index in [0.29, 0.717) is 35.6 Å². The molecule has 1 saturated heterocycles. The van der Waals surface area contributed by atoms with E-state index in [9.17, 15) is 19.5 Å². The van der Waals surface area contributed by atoms with Crippen molar-refractivity contribution in [3.63, 3.8) is 0 Å². The molecule has 4 N–H and O–H groups in total. The number of aromatic carboxylic acids is 1. The highest BCUT2D eigenvalue weighted by Gasteiger charge is 2.26. The first kappa shape index (κ1) is 24.8. The van der Waals surface area contributed by atoms with Crippen molar-refractivity contribution in [1.29, 1.82) is 0 Å². The van der Waals surface area contributed by atoms with E-state index in [4.69, 9.17) is 10.5 Å². The van der Waals surface area contributed by atoms with Crippen molar-refractivity contribution >= 4 is 40.1 Å². The summed E-state index contributed by atoms with van der Waals surface area (Å²) in [6.45, 7) is 1.29. The maximum Gasteiger partial charge on any atom is 0.337 e. The minimum absolute atomic E-state index is 0.0666. The molecule has 0 bridgehead atoms. The zero-order valence-electron chi connectivity index (χ0n) is 20.5. The van der Waals surface area contributed by atoms with Crippen LogP contribution in [0.5, 0.6) is 5.75 Å². The van der Waals surface area contributed by atoms with Gasteiger partial charge in [0.15, 0.2) is 0 Å². The summed E-state index contributed by atoms with van der Waals surface area (Å²) in [5.41, 5.74) is 6.74. The molecule has 9 nitrogen and oxygen atoms in total. The number of nitrogen functional groups attached to an aromatic ring is 1. The lowest BCUT2D eigenvalue weighted by Crippen LogP contribution is -2.28. The molecule has 4 aromatic rings. The van der Waals surface area contributed by atoms with E-state index in [0.717, 1.165) is 18.2 Å². The number of amides is 2. The molecule has 1 aliphatic rings. The summed E-state index contributed by atoms with van der Waals surface area (Å²) < 4.78 is 6.12. The Bertz CT molecular complexity index is 1520. The number of pyridine rings is 1. The summed E-state index contributed by atoms with van der Waals surface area (Å²) in [6.07, 6.45) is 2.36. The van der Waals surface area contributed by atoms with Gasteiger partial charge in [-0.3, -0.25) is 9.59 Å². The Balaban J connectivity index is 1.44. The quantitative estimate of drug-likeness (QED) is 0.333. The molecule has 192 valence electrons. The van der Waals surface area contributed by atoms with Gasteiger partial charge in [0, 0.05) is 35.8 Å². The summed E-state index contributed by atoms with van der Waals surface area (Å²) in [5.74, 6) is -1.32. The van der Waals surface area contributed by atoms with E-state index in [-0.39, 0.29) is 22.7 Å². The van der Waals surface area contributed by atoms with Gasteiger partial charge in [0.2, 0.25) is 6.10 Å². The lowest BCUT2D eigenvalue weighted by molar-refractivity contribution is -0.123. The van der Waals surface area contributed by atoms with Crippen LogP contribution in [-0.4, -0.2) is 45.9 Å². The molecule has 3 aromatic carbocycles. The molecule has 0 aliphatic carbocycles. The molecule has 0 radical (unpaired) electrons. The number of nitrogens with zero attached hydrogens (tertiary/aromatic N) is 2. The van der Waals surface area contributed by atoms with Crippen LogP contribution in [0.4, 0.5) is 11.5 Å². The van der Waals surface area contributed by atoms with E-state index < -0.39 is 18.0 Å². The second kappa shape index (κ2) is 10.6. The summed E-state index contributed by atoms with van der Waals surface area (Å²) in [7, 11) is 0. The Morgan fingerprint density at radius 3 is 2.47 bits per heavy atom. The van der Waals surface area contributed by atoms with Crippen LogP contribution in [0.25, 0.3) is 10.8 Å². The number of hydrogen-bond donors (Lipinski definition) is 3. The van der Waals surface area contributed by atoms with Gasteiger partial charge in [0.05, 0.1) is 11.3 Å². The van der Waals surface area contributed by atoms with Crippen LogP contribution in [-0.2, 0) is 4.79 Å². The third-order valence-corrected chi connectivity index (χ3v) is 6.51. The van der Waals surface area contributed by atoms with E-state index >= 15 is 0 Å². The van der Waals surface area contributed by atoms with Gasteiger partial charge in [0.1, 0.15) is 11.6 Å². The number of likely N-dealkylation sites (tertiary alicyclic amines) is 1. The standard InChI is InChI=1S/C29H26N4O5/c30-26-22-17-21(10-8-18(22)12-13-31-26)38-25(19-6-2-1-3-7-19)27(34)32-24-11-9-20(16-23(24)29(36)37)28(35)33-14-4-5-15-33/h1-3,6-13,16-17,25H,4-5,14-15H2,(H2,30,31)(H,32,34)(H,36,37). The molecule has 0 saturated carbocycles. The number of nitrogens with one attached hydrogen (secondary N) is 1. The molecule has 1 fully saturated rings. The summed E-state index contributed by atoms with van der Waals surface area (Å²) in [6, 6.07) is 20.2. The van der Waals surface area contributed by atoms with Gasteiger partial charge in [0.25, 0.3) is 11.8 Å². The van der Waals surface area contributed by atoms with E-state index in [2.05, 4.69) is 10.3 Å². The molecule has 0 spiro atoms. The molecular formula is C29H26N4O5. The molecule has 1 aromatic heterocycles. The van der Waals surface area contributed by atoms with Gasteiger partial charge in [-0.05, 0) is 54.6 Å². The number of carbonyl (C=O) groups excluding carboxylic acids is 2. The van der Waals surface area contributed by atoms with Crippen molar-refractivity contribution in [1.82, 2.24) is 9.88 Å². The fraction of sp³-hybridized carbons (Fsp3) is 0.172. The third kappa shape index (κ3) is 5.12. The fourth-order valence-corrected chi connectivity index (χ4v) is 4.54. The van der Waals surface area contributed by atoms with E-state index in [1.54, 1.807) is 47.5 Å². The highest BCUT2D eigenvalue weighted by Crippen LogP contribution is 2.29. The number of carbonyl (C=O) groups is 3. The Labute approximate surface area is 218 Å². The summed E-state index contributed by atoms with van der Waals surface area (Å²) in [4.78, 5) is 44.2. The third-order valence-electron chi connectivity index (χ3n) is 6.51. The van der Waals surface area contributed by atoms with Crippen molar-refractivity contribution in [2.45, 2.75) is 18.9 Å². The second-order valence-electron chi connectivity index (χ2n) is 9.04. The number of ether oxygens (including phenoxy) is 1. The molecule has 1 aliphatic heterocycles. The lowest BCUT2D eigenvalue weighted by Gasteiger charge is -2.21. The molecule has 2 heterocycles. The molecule has 5 rings (SSSR count). The second-order valence-corrected chi connectivity index (χ2v) is 9.04. The molecule has 1 unspecified atom stereocenters. The fourth-order valence-electron chi connectivity index (χ4n) is 4.54. The number of nitrogens with two attached hydrogens (primary N) is 1. The Morgan fingerprint density at radius 1 is 0.974 bits per heavy atom. The number of benzene rings is 3. The highest BCUT2D eigenvalue weighted by molar-refractivity contribution is 6.05. The first-order chi connectivity index (χ1) is 18.4. The maximum atomic E-state index is 13.5. The molecule has 1 atom stereocenters. The number of hydrogen-bond acceptors (Lipinski definition) is 6. The number of aromatic nitrogens is 1. The smallest absolute Gasteiger partial charge is 0.337 e. The van der Waals surface area contributed by atoms with Gasteiger partial charge in [-0.15, -0.1) is 0 Å². The van der Waals surface area contributed by atoms with Crippen LogP contribution in [0.15, 0.2) is 79.0 Å². The van der Waals surface area contributed by atoms with Gasteiger partial charge >= 0.3 is 5.97 Å². The molecule has 9 heteroatoms. The SMILES string of the molecule is Nc1nccc2ccc(OC(C(=O)Nc3ccc(C(=O)N4CCCC4)cc3C(=O)O)c3ccccc3)cc12. The van der Waals surface area contributed by atoms with Gasteiger partial charge < -0.3 is 25.8 Å². The Kier molecular flexibility index (Phi) is 6.90. The van der Waals surface area contributed by atoms with Crippen LogP contribution < -0.4 is 15.8 Å². The average molecular weight is 511 g/mol. The molecular weight excluding hydrogens is 484 g/mol. The minimum atomic E-state index is -1.26. The number of anilines is 2. The first-order valence-electron chi connectivity index (χ1n) is 12.2. The number of carboxylic acids is 1. The van der Waals surface area contributed by atoms with Gasteiger partial charge in [-0.25, -0.2) is 9.78 Å². The molecule has 2 amide bonds. The van der Waals surface area contributed by atoms with Crippen LogP contribution >= 0.6 is 0 Å². The van der Waals surface area contributed by atoms with Crippen molar-refractivity contribution in [3.05, 3.63) is 95.7 Å². The zero-order valence-corrected chi connectivity index (χ0v) is 20.5. The lowest BCUT2D eigenvalue weighted by atomic mass is 10.1. The number of fused-ring (bicyclic) bond motifs is 1. The number of rotatable bonds is 7. The van der Waals surface area contributed by atoms with E-state index in [1.807, 2.05) is 18.2 Å². The average Bonchev–Trinajstić information content (AvgIpc) is 3.47. The van der Waals surface area contributed by atoms with Crippen molar-refractivity contribution in [2.24, 2.45) is 0 Å². The van der Waals surface area contributed by atoms with Crippen molar-refractivity contribution in [2.75, 3.05) is 24.1 Å².